The van der Waals surface area contributed by atoms with Crippen molar-refractivity contribution in [1.29, 1.82) is 0 Å². The molecular weight excluding hydrogens is 404 g/mol. The first kappa shape index (κ1) is 22.0. The summed E-state index contributed by atoms with van der Waals surface area (Å²) in [6, 6.07) is 12.2. The summed E-state index contributed by atoms with van der Waals surface area (Å²) >= 11 is 0. The fourth-order valence-electron chi connectivity index (χ4n) is 3.62. The van der Waals surface area contributed by atoms with Crippen LogP contribution in [-0.4, -0.2) is 39.8 Å². The van der Waals surface area contributed by atoms with Crippen LogP contribution < -0.4 is 19.1 Å². The normalized spacial score (nSPS) is 17.4. The second-order valence-corrected chi connectivity index (χ2v) is 10.1. The van der Waals surface area contributed by atoms with E-state index in [-0.39, 0.29) is 12.6 Å². The standard InChI is InChI=1S/C22H28N2O5S/c1-15-9-10-18-19(13-22(2,3)29-20(18)11-15)23-21(25)14-24(30(5,26)27)16-7-6-8-17(12-16)28-4/h6-12,19H,13-14H2,1-5H3,(H,23,25)/t19-/m0/s1. The first-order valence-electron chi connectivity index (χ1n) is 9.69. The highest BCUT2D eigenvalue weighted by molar-refractivity contribution is 7.92. The lowest BCUT2D eigenvalue weighted by molar-refractivity contribution is -0.120. The van der Waals surface area contributed by atoms with Gasteiger partial charge in [-0.05, 0) is 44.5 Å². The molecule has 0 aromatic heterocycles. The lowest BCUT2D eigenvalue weighted by Crippen LogP contribution is -2.45. The van der Waals surface area contributed by atoms with Gasteiger partial charge >= 0.3 is 0 Å². The second-order valence-electron chi connectivity index (χ2n) is 8.20. The Labute approximate surface area is 178 Å². The maximum absolute atomic E-state index is 12.9. The number of carbonyl (C=O) groups excluding carboxylic acids is 1. The molecule has 1 heterocycles. The molecule has 2 aromatic rings. The highest BCUT2D eigenvalue weighted by Crippen LogP contribution is 2.39. The molecule has 1 atom stereocenters. The van der Waals surface area contributed by atoms with Crippen LogP contribution in [0.25, 0.3) is 0 Å². The van der Waals surface area contributed by atoms with Crippen molar-refractivity contribution >= 4 is 21.6 Å². The van der Waals surface area contributed by atoms with Crippen LogP contribution in [0.3, 0.4) is 0 Å². The quantitative estimate of drug-likeness (QED) is 0.758. The number of nitrogens with one attached hydrogen (secondary N) is 1. The summed E-state index contributed by atoms with van der Waals surface area (Å²) in [4.78, 5) is 12.9. The van der Waals surface area contributed by atoms with Crippen LogP contribution in [0.5, 0.6) is 11.5 Å². The van der Waals surface area contributed by atoms with Crippen molar-refractivity contribution < 1.29 is 22.7 Å². The molecule has 3 rings (SSSR count). The maximum Gasteiger partial charge on any atom is 0.241 e. The third-order valence-electron chi connectivity index (χ3n) is 4.99. The number of rotatable bonds is 6. The number of ether oxygens (including phenoxy) is 2. The lowest BCUT2D eigenvalue weighted by atomic mass is 9.89. The Morgan fingerprint density at radius 1 is 1.27 bits per heavy atom. The van der Waals surface area contributed by atoms with Gasteiger partial charge < -0.3 is 14.8 Å². The maximum atomic E-state index is 12.9. The highest BCUT2D eigenvalue weighted by atomic mass is 32.2. The van der Waals surface area contributed by atoms with Crippen LogP contribution in [-0.2, 0) is 14.8 Å². The minimum Gasteiger partial charge on any atom is -0.497 e. The number of amides is 1. The van der Waals surface area contributed by atoms with Gasteiger partial charge in [-0.1, -0.05) is 18.2 Å². The first-order valence-corrected chi connectivity index (χ1v) is 11.5. The fraction of sp³-hybridized carbons (Fsp3) is 0.409. The molecule has 0 spiro atoms. The van der Waals surface area contributed by atoms with Crippen molar-refractivity contribution in [2.45, 2.75) is 38.8 Å². The molecule has 1 N–H and O–H groups in total. The van der Waals surface area contributed by atoms with Gasteiger partial charge in [0, 0.05) is 18.1 Å². The van der Waals surface area contributed by atoms with Crippen molar-refractivity contribution in [3.05, 3.63) is 53.6 Å². The molecule has 1 amide bonds. The fourth-order valence-corrected chi connectivity index (χ4v) is 4.47. The Bertz CT molecular complexity index is 1050. The number of sulfonamides is 1. The van der Waals surface area contributed by atoms with E-state index in [4.69, 9.17) is 9.47 Å². The third-order valence-corrected chi connectivity index (χ3v) is 6.13. The van der Waals surface area contributed by atoms with Crippen molar-refractivity contribution in [3.8, 4) is 11.5 Å². The van der Waals surface area contributed by atoms with Gasteiger partial charge in [0.05, 0.1) is 25.1 Å². The smallest absolute Gasteiger partial charge is 0.241 e. The topological polar surface area (TPSA) is 84.9 Å². The average Bonchev–Trinajstić information content (AvgIpc) is 2.64. The molecule has 7 nitrogen and oxygen atoms in total. The molecule has 162 valence electrons. The average molecular weight is 433 g/mol. The monoisotopic (exact) mass is 432 g/mol. The van der Waals surface area contributed by atoms with Crippen LogP contribution in [0.15, 0.2) is 42.5 Å². The molecule has 0 radical (unpaired) electrons. The van der Waals surface area contributed by atoms with Crippen LogP contribution >= 0.6 is 0 Å². The number of benzene rings is 2. The highest BCUT2D eigenvalue weighted by Gasteiger charge is 2.35. The van der Waals surface area contributed by atoms with E-state index in [2.05, 4.69) is 5.32 Å². The Morgan fingerprint density at radius 2 is 2.00 bits per heavy atom. The van der Waals surface area contributed by atoms with Gasteiger partial charge in [0.1, 0.15) is 23.6 Å². The van der Waals surface area contributed by atoms with Gasteiger partial charge in [-0.2, -0.15) is 0 Å². The van der Waals surface area contributed by atoms with Crippen LogP contribution in [0.2, 0.25) is 0 Å². The number of hydrogen-bond acceptors (Lipinski definition) is 5. The van der Waals surface area contributed by atoms with Gasteiger partial charge in [-0.3, -0.25) is 9.10 Å². The van der Waals surface area contributed by atoms with Crippen LogP contribution in [0.4, 0.5) is 5.69 Å². The van der Waals surface area contributed by atoms with Crippen molar-refractivity contribution in [3.63, 3.8) is 0 Å². The zero-order chi connectivity index (χ0) is 22.1. The summed E-state index contributed by atoms with van der Waals surface area (Å²) in [5.41, 5.74) is 1.87. The number of aryl methyl sites for hydroxylation is 1. The molecule has 2 aromatic carbocycles. The van der Waals surface area contributed by atoms with Crippen molar-refractivity contribution in [1.82, 2.24) is 5.32 Å². The van der Waals surface area contributed by atoms with E-state index in [9.17, 15) is 13.2 Å². The summed E-state index contributed by atoms with van der Waals surface area (Å²) in [5, 5.41) is 2.99. The molecular formula is C22H28N2O5S. The van der Waals surface area contributed by atoms with E-state index >= 15 is 0 Å². The number of hydrogen-bond donors (Lipinski definition) is 1. The Hall–Kier alpha value is -2.74. The molecule has 0 saturated heterocycles. The van der Waals surface area contributed by atoms with Gasteiger partial charge in [0.15, 0.2) is 0 Å². The van der Waals surface area contributed by atoms with E-state index in [0.29, 0.717) is 17.9 Å². The SMILES string of the molecule is COc1cccc(N(CC(=O)N[C@H]2CC(C)(C)Oc3cc(C)ccc32)S(C)(=O)=O)c1. The zero-order valence-corrected chi connectivity index (χ0v) is 18.7. The van der Waals surface area contributed by atoms with Crippen LogP contribution in [0.1, 0.15) is 37.4 Å². The predicted molar refractivity (Wildman–Crippen MR) is 117 cm³/mol. The molecule has 0 fully saturated rings. The molecule has 1 aliphatic rings. The summed E-state index contributed by atoms with van der Waals surface area (Å²) in [7, 11) is -2.17. The van der Waals surface area contributed by atoms with Crippen LogP contribution in [0, 0.1) is 6.92 Å². The van der Waals surface area contributed by atoms with E-state index in [0.717, 1.165) is 27.4 Å². The number of methoxy groups -OCH3 is 1. The number of anilines is 1. The molecule has 8 heteroatoms. The molecule has 30 heavy (non-hydrogen) atoms. The zero-order valence-electron chi connectivity index (χ0n) is 17.9. The Kier molecular flexibility index (Phi) is 5.99. The van der Waals surface area contributed by atoms with Gasteiger partial charge in [0.2, 0.25) is 15.9 Å². The molecule has 0 saturated carbocycles. The summed E-state index contributed by atoms with van der Waals surface area (Å²) < 4.78 is 37.1. The summed E-state index contributed by atoms with van der Waals surface area (Å²) in [6.07, 6.45) is 1.65. The molecule has 0 aliphatic carbocycles. The predicted octanol–water partition coefficient (Wildman–Crippen LogP) is 3.19. The van der Waals surface area contributed by atoms with Gasteiger partial charge in [0.25, 0.3) is 0 Å². The van der Waals surface area contributed by atoms with Crippen molar-refractivity contribution in [2.75, 3.05) is 24.2 Å². The van der Waals surface area contributed by atoms with E-state index < -0.39 is 21.5 Å². The van der Waals surface area contributed by atoms with E-state index in [1.165, 1.54) is 7.11 Å². The summed E-state index contributed by atoms with van der Waals surface area (Å²) in [5.74, 6) is 0.860. The molecule has 1 aliphatic heterocycles. The number of fused-ring (bicyclic) bond motifs is 1. The van der Waals surface area contributed by atoms with Gasteiger partial charge in [-0.15, -0.1) is 0 Å². The minimum atomic E-state index is -3.68. The summed E-state index contributed by atoms with van der Waals surface area (Å²) in [6.45, 7) is 5.59. The molecule has 0 bridgehead atoms. The molecule has 0 unspecified atom stereocenters. The largest absolute Gasteiger partial charge is 0.497 e. The third kappa shape index (κ3) is 5.05. The minimum absolute atomic E-state index is 0.274. The van der Waals surface area contributed by atoms with Crippen molar-refractivity contribution in [2.24, 2.45) is 0 Å². The van der Waals surface area contributed by atoms with E-state index in [1.807, 2.05) is 39.0 Å². The van der Waals surface area contributed by atoms with E-state index in [1.54, 1.807) is 24.3 Å². The Morgan fingerprint density at radius 3 is 2.67 bits per heavy atom. The lowest BCUT2D eigenvalue weighted by Gasteiger charge is -2.38. The first-order chi connectivity index (χ1) is 14.0. The van der Waals surface area contributed by atoms with Gasteiger partial charge in [-0.25, -0.2) is 8.42 Å². The Balaban J connectivity index is 1.84. The second kappa shape index (κ2) is 8.18. The number of carbonyl (C=O) groups is 1. The number of nitrogens with zero attached hydrogens (tertiary/aromatic N) is 1.